The van der Waals surface area contributed by atoms with Crippen molar-refractivity contribution in [3.63, 3.8) is 0 Å². The van der Waals surface area contributed by atoms with Gasteiger partial charge in [0.25, 0.3) is 10.0 Å². The van der Waals surface area contributed by atoms with E-state index < -0.39 is 10.0 Å². The van der Waals surface area contributed by atoms with Crippen molar-refractivity contribution in [2.24, 2.45) is 0 Å². The van der Waals surface area contributed by atoms with Crippen LogP contribution in [0.2, 0.25) is 5.02 Å². The zero-order valence-electron chi connectivity index (χ0n) is 12.4. The van der Waals surface area contributed by atoms with E-state index in [9.17, 15) is 8.42 Å². The lowest BCUT2D eigenvalue weighted by molar-refractivity contribution is 0.402. The molecule has 0 bridgehead atoms. The monoisotopic (exact) mass is 341 g/mol. The Bertz CT molecular complexity index is 790. The van der Waals surface area contributed by atoms with E-state index in [2.05, 4.69) is 4.72 Å². The Hall–Kier alpha value is -1.92. The minimum absolute atomic E-state index is 0.00161. The molecule has 1 N–H and O–H groups in total. The van der Waals surface area contributed by atoms with Crippen LogP contribution in [-0.4, -0.2) is 22.6 Å². The third-order valence-electron chi connectivity index (χ3n) is 3.09. The second kappa shape index (κ2) is 6.46. The van der Waals surface area contributed by atoms with Crippen LogP contribution in [0.15, 0.2) is 41.3 Å². The van der Waals surface area contributed by atoms with Gasteiger partial charge in [0, 0.05) is 6.07 Å². The van der Waals surface area contributed by atoms with Gasteiger partial charge in [-0.05, 0) is 30.7 Å². The molecule has 0 radical (unpaired) electrons. The van der Waals surface area contributed by atoms with Crippen molar-refractivity contribution in [1.29, 1.82) is 0 Å². The zero-order valence-corrected chi connectivity index (χ0v) is 14.0. The number of ether oxygens (including phenoxy) is 2. The Kier molecular flexibility index (Phi) is 4.83. The predicted octanol–water partition coefficient (Wildman–Crippen LogP) is 3.47. The van der Waals surface area contributed by atoms with Gasteiger partial charge in [0.1, 0.15) is 16.4 Å². The lowest BCUT2D eigenvalue weighted by Crippen LogP contribution is -2.14. The topological polar surface area (TPSA) is 64.6 Å². The van der Waals surface area contributed by atoms with Crippen LogP contribution >= 0.6 is 11.6 Å². The zero-order chi connectivity index (χ0) is 16.3. The molecule has 2 aromatic rings. The molecule has 0 unspecified atom stereocenters. The van der Waals surface area contributed by atoms with Crippen molar-refractivity contribution in [2.45, 2.75) is 11.8 Å². The summed E-state index contributed by atoms with van der Waals surface area (Å²) < 4.78 is 37.9. The SMILES string of the molecule is COc1cc(NS(=O)(=O)c2ccccc2Cl)c(OC)cc1C. The summed E-state index contributed by atoms with van der Waals surface area (Å²) in [6.45, 7) is 1.84. The van der Waals surface area contributed by atoms with Crippen molar-refractivity contribution in [3.8, 4) is 11.5 Å². The average Bonchev–Trinajstić information content (AvgIpc) is 2.48. The lowest BCUT2D eigenvalue weighted by atomic mass is 10.2. The predicted molar refractivity (Wildman–Crippen MR) is 86.5 cm³/mol. The minimum Gasteiger partial charge on any atom is -0.496 e. The van der Waals surface area contributed by atoms with Gasteiger partial charge in [-0.3, -0.25) is 4.72 Å². The maximum absolute atomic E-state index is 12.5. The van der Waals surface area contributed by atoms with Crippen LogP contribution in [0.3, 0.4) is 0 Å². The Morgan fingerprint density at radius 3 is 2.27 bits per heavy atom. The van der Waals surface area contributed by atoms with Crippen LogP contribution < -0.4 is 14.2 Å². The number of benzene rings is 2. The molecule has 0 atom stereocenters. The summed E-state index contributed by atoms with van der Waals surface area (Å²) in [5.41, 5.74) is 1.12. The van der Waals surface area contributed by atoms with Crippen LogP contribution in [0.5, 0.6) is 11.5 Å². The number of halogens is 1. The second-order valence-corrected chi connectivity index (χ2v) is 6.62. The van der Waals surface area contributed by atoms with E-state index in [1.54, 1.807) is 24.3 Å². The molecule has 7 heteroatoms. The molecule has 0 saturated carbocycles. The number of sulfonamides is 1. The number of rotatable bonds is 5. The quantitative estimate of drug-likeness (QED) is 0.904. The number of nitrogens with one attached hydrogen (secondary N) is 1. The Morgan fingerprint density at radius 2 is 1.68 bits per heavy atom. The summed E-state index contributed by atoms with van der Waals surface area (Å²) in [5.74, 6) is 0.951. The van der Waals surface area contributed by atoms with Crippen LogP contribution in [-0.2, 0) is 10.0 Å². The summed E-state index contributed by atoms with van der Waals surface area (Å²) >= 11 is 5.96. The number of methoxy groups -OCH3 is 2. The Morgan fingerprint density at radius 1 is 1.05 bits per heavy atom. The first kappa shape index (κ1) is 16.5. The fraction of sp³-hybridized carbons (Fsp3) is 0.200. The number of anilines is 1. The molecule has 2 rings (SSSR count). The van der Waals surface area contributed by atoms with Crippen molar-refractivity contribution < 1.29 is 17.9 Å². The Labute approximate surface area is 134 Å². The van der Waals surface area contributed by atoms with Crippen LogP contribution in [0, 0.1) is 6.92 Å². The van der Waals surface area contributed by atoms with Crippen LogP contribution in [0.25, 0.3) is 0 Å². The van der Waals surface area contributed by atoms with Crippen molar-refractivity contribution in [1.82, 2.24) is 0 Å². The molecule has 0 spiro atoms. The van der Waals surface area contributed by atoms with Gasteiger partial charge >= 0.3 is 0 Å². The first-order chi connectivity index (χ1) is 10.4. The third kappa shape index (κ3) is 3.28. The molecule has 118 valence electrons. The average molecular weight is 342 g/mol. The van der Waals surface area contributed by atoms with Crippen LogP contribution in [0.4, 0.5) is 5.69 Å². The molecule has 0 aliphatic heterocycles. The molecule has 2 aromatic carbocycles. The molecule has 5 nitrogen and oxygen atoms in total. The highest BCUT2D eigenvalue weighted by Gasteiger charge is 2.20. The standard InChI is InChI=1S/C15H16ClNO4S/c1-10-8-14(21-3)12(9-13(10)20-2)17-22(18,19)15-7-5-4-6-11(15)16/h4-9,17H,1-3H3. The van der Waals surface area contributed by atoms with E-state index in [4.69, 9.17) is 21.1 Å². The Balaban J connectivity index is 2.48. The van der Waals surface area contributed by atoms with E-state index in [-0.39, 0.29) is 15.6 Å². The molecule has 0 saturated heterocycles. The van der Waals surface area contributed by atoms with E-state index in [1.165, 1.54) is 26.4 Å². The van der Waals surface area contributed by atoms with Crippen LogP contribution in [0.1, 0.15) is 5.56 Å². The van der Waals surface area contributed by atoms with Crippen molar-refractivity contribution in [3.05, 3.63) is 47.0 Å². The number of hydrogen-bond donors (Lipinski definition) is 1. The molecular weight excluding hydrogens is 326 g/mol. The second-order valence-electron chi connectivity index (χ2n) is 4.56. The van der Waals surface area contributed by atoms with Gasteiger partial charge in [0.15, 0.2) is 0 Å². The summed E-state index contributed by atoms with van der Waals surface area (Å²) in [4.78, 5) is -0.00161. The molecule has 22 heavy (non-hydrogen) atoms. The number of aryl methyl sites for hydroxylation is 1. The van der Waals surface area contributed by atoms with E-state index in [1.807, 2.05) is 6.92 Å². The summed E-state index contributed by atoms with van der Waals surface area (Å²) in [5, 5.41) is 0.146. The largest absolute Gasteiger partial charge is 0.496 e. The highest BCUT2D eigenvalue weighted by atomic mass is 35.5. The van der Waals surface area contributed by atoms with E-state index >= 15 is 0 Å². The first-order valence-electron chi connectivity index (χ1n) is 6.39. The van der Waals surface area contributed by atoms with Gasteiger partial charge < -0.3 is 9.47 Å². The number of hydrogen-bond acceptors (Lipinski definition) is 4. The molecule has 0 amide bonds. The molecular formula is C15H16ClNO4S. The highest BCUT2D eigenvalue weighted by Crippen LogP contribution is 2.34. The van der Waals surface area contributed by atoms with Gasteiger partial charge in [0.05, 0.1) is 24.9 Å². The third-order valence-corrected chi connectivity index (χ3v) is 4.95. The van der Waals surface area contributed by atoms with E-state index in [0.717, 1.165) is 5.56 Å². The highest BCUT2D eigenvalue weighted by molar-refractivity contribution is 7.92. The first-order valence-corrected chi connectivity index (χ1v) is 8.25. The van der Waals surface area contributed by atoms with Gasteiger partial charge in [0.2, 0.25) is 0 Å². The fourth-order valence-electron chi connectivity index (χ4n) is 1.99. The van der Waals surface area contributed by atoms with Gasteiger partial charge in [-0.2, -0.15) is 0 Å². The fourth-order valence-corrected chi connectivity index (χ4v) is 3.57. The van der Waals surface area contributed by atoms with Gasteiger partial charge in [-0.15, -0.1) is 0 Å². The maximum atomic E-state index is 12.5. The maximum Gasteiger partial charge on any atom is 0.263 e. The molecule has 0 aromatic heterocycles. The van der Waals surface area contributed by atoms with Crippen molar-refractivity contribution in [2.75, 3.05) is 18.9 Å². The lowest BCUT2D eigenvalue weighted by Gasteiger charge is -2.15. The summed E-state index contributed by atoms with van der Waals surface area (Å²) in [6.07, 6.45) is 0. The normalized spacial score (nSPS) is 11.1. The molecule has 0 aliphatic carbocycles. The minimum atomic E-state index is -3.83. The summed E-state index contributed by atoms with van der Waals surface area (Å²) in [6, 6.07) is 9.49. The van der Waals surface area contributed by atoms with E-state index in [0.29, 0.717) is 11.5 Å². The smallest absolute Gasteiger partial charge is 0.263 e. The summed E-state index contributed by atoms with van der Waals surface area (Å²) in [7, 11) is -0.850. The molecule has 0 aliphatic rings. The van der Waals surface area contributed by atoms with Crippen molar-refractivity contribution >= 4 is 27.3 Å². The molecule has 0 heterocycles. The molecule has 0 fully saturated rings. The van der Waals surface area contributed by atoms with Gasteiger partial charge in [-0.25, -0.2) is 8.42 Å². The van der Waals surface area contributed by atoms with Gasteiger partial charge in [-0.1, -0.05) is 23.7 Å².